The number of aldehydes is 1. The number of hydrogen-bond donors (Lipinski definition) is 1. The van der Waals surface area contributed by atoms with Gasteiger partial charge in [-0.15, -0.1) is 0 Å². The van der Waals surface area contributed by atoms with Crippen LogP contribution in [0.15, 0.2) is 27.5 Å². The first kappa shape index (κ1) is 9.81. The van der Waals surface area contributed by atoms with E-state index in [-0.39, 0.29) is 16.4 Å². The molecule has 0 fully saturated rings. The predicted molar refractivity (Wildman–Crippen MR) is 50.8 cm³/mol. The van der Waals surface area contributed by atoms with Gasteiger partial charge >= 0.3 is 0 Å². The highest BCUT2D eigenvalue weighted by atomic mass is 32.2. The summed E-state index contributed by atoms with van der Waals surface area (Å²) in [5.41, 5.74) is 0.619. The molecule has 0 atom stereocenters. The van der Waals surface area contributed by atoms with E-state index in [0.717, 1.165) is 0 Å². The maximum Gasteiger partial charge on any atom is 0.260 e. The largest absolute Gasteiger partial charge is 0.434 e. The van der Waals surface area contributed by atoms with Gasteiger partial charge in [0.15, 0.2) is 5.58 Å². The zero-order valence-electron chi connectivity index (χ0n) is 7.38. The Morgan fingerprint density at radius 2 is 2.13 bits per heavy atom. The molecule has 78 valence electrons. The van der Waals surface area contributed by atoms with Gasteiger partial charge in [0.25, 0.3) is 5.89 Å². The van der Waals surface area contributed by atoms with Crippen molar-refractivity contribution in [1.29, 1.82) is 0 Å². The molecule has 0 saturated carbocycles. The minimum Gasteiger partial charge on any atom is -0.434 e. The van der Waals surface area contributed by atoms with Crippen LogP contribution in [0.1, 0.15) is 10.7 Å². The van der Waals surface area contributed by atoms with Gasteiger partial charge in [0.1, 0.15) is 5.52 Å². The molecule has 0 unspecified atom stereocenters. The molecule has 7 heteroatoms. The number of nitrogens with two attached hydrogens (primary N) is 1. The molecule has 0 saturated heterocycles. The van der Waals surface area contributed by atoms with E-state index in [4.69, 9.17) is 9.56 Å². The zero-order valence-corrected chi connectivity index (χ0v) is 8.19. The number of fused-ring (bicyclic) bond motifs is 1. The van der Waals surface area contributed by atoms with Crippen LogP contribution in [0.3, 0.4) is 0 Å². The van der Waals surface area contributed by atoms with Crippen molar-refractivity contribution in [2.24, 2.45) is 5.14 Å². The summed E-state index contributed by atoms with van der Waals surface area (Å²) < 4.78 is 27.0. The van der Waals surface area contributed by atoms with Gasteiger partial charge in [-0.3, -0.25) is 4.79 Å². The first-order valence-corrected chi connectivity index (χ1v) is 5.44. The molecular weight excluding hydrogens is 220 g/mol. The summed E-state index contributed by atoms with van der Waals surface area (Å²) in [6.45, 7) is 0. The fourth-order valence-electron chi connectivity index (χ4n) is 1.15. The summed E-state index contributed by atoms with van der Waals surface area (Å²) in [7, 11) is -3.77. The number of carbonyl (C=O) groups is 1. The third-order valence-electron chi connectivity index (χ3n) is 1.81. The summed E-state index contributed by atoms with van der Waals surface area (Å²) in [6.07, 6.45) is 0.441. The highest BCUT2D eigenvalue weighted by molar-refractivity contribution is 7.89. The average molecular weight is 226 g/mol. The topological polar surface area (TPSA) is 103 Å². The zero-order chi connectivity index (χ0) is 11.1. The van der Waals surface area contributed by atoms with Crippen molar-refractivity contribution in [2.45, 2.75) is 4.90 Å². The Bertz CT molecular complexity index is 629. The third-order valence-corrected chi connectivity index (χ3v) is 2.72. The molecule has 0 radical (unpaired) electrons. The molecule has 0 amide bonds. The Morgan fingerprint density at radius 3 is 2.73 bits per heavy atom. The van der Waals surface area contributed by atoms with Gasteiger partial charge in [-0.25, -0.2) is 18.5 Å². The number of sulfonamides is 1. The number of aromatic nitrogens is 1. The van der Waals surface area contributed by atoms with Crippen molar-refractivity contribution < 1.29 is 17.6 Å². The molecule has 0 aliphatic rings. The van der Waals surface area contributed by atoms with E-state index in [1.807, 2.05) is 0 Å². The van der Waals surface area contributed by atoms with E-state index in [1.165, 1.54) is 18.2 Å². The molecule has 6 nitrogen and oxygen atoms in total. The second-order valence-corrected chi connectivity index (χ2v) is 4.41. The van der Waals surface area contributed by atoms with Crippen LogP contribution in [0, 0.1) is 0 Å². The number of nitrogens with zero attached hydrogens (tertiary/aromatic N) is 1. The minimum atomic E-state index is -3.77. The number of benzene rings is 1. The number of oxazole rings is 1. The second kappa shape index (κ2) is 3.14. The van der Waals surface area contributed by atoms with Crippen molar-refractivity contribution in [3.05, 3.63) is 24.1 Å². The molecule has 2 N–H and O–H groups in total. The fraction of sp³-hybridized carbons (Fsp3) is 0. The molecule has 0 aliphatic carbocycles. The average Bonchev–Trinajstić information content (AvgIpc) is 2.57. The highest BCUT2D eigenvalue weighted by Gasteiger charge is 2.11. The SMILES string of the molecule is NS(=O)(=O)c1ccc2nc(C=O)oc2c1. The van der Waals surface area contributed by atoms with E-state index < -0.39 is 10.0 Å². The molecule has 0 aliphatic heterocycles. The Kier molecular flexibility index (Phi) is 2.06. The van der Waals surface area contributed by atoms with Crippen LogP contribution < -0.4 is 5.14 Å². The maximum atomic E-state index is 11.0. The van der Waals surface area contributed by atoms with E-state index >= 15 is 0 Å². The van der Waals surface area contributed by atoms with E-state index in [9.17, 15) is 13.2 Å². The van der Waals surface area contributed by atoms with Gasteiger partial charge in [-0.2, -0.15) is 0 Å². The Balaban J connectivity index is 2.71. The van der Waals surface area contributed by atoms with Crippen LogP contribution in [0.25, 0.3) is 11.1 Å². The van der Waals surface area contributed by atoms with Crippen molar-refractivity contribution in [3.63, 3.8) is 0 Å². The monoisotopic (exact) mass is 226 g/mol. The summed E-state index contributed by atoms with van der Waals surface area (Å²) >= 11 is 0. The first-order chi connectivity index (χ1) is 7.00. The summed E-state index contributed by atoms with van der Waals surface area (Å²) in [5, 5.41) is 4.93. The minimum absolute atomic E-state index is 0.0800. The predicted octanol–water partition coefficient (Wildman–Crippen LogP) is 0.288. The highest BCUT2D eigenvalue weighted by Crippen LogP contribution is 2.18. The van der Waals surface area contributed by atoms with Gasteiger partial charge in [0, 0.05) is 6.07 Å². The maximum absolute atomic E-state index is 11.0. The lowest BCUT2D eigenvalue weighted by Crippen LogP contribution is -2.11. The normalized spacial score (nSPS) is 11.8. The second-order valence-electron chi connectivity index (χ2n) is 2.84. The molecule has 0 bridgehead atoms. The van der Waals surface area contributed by atoms with Crippen LogP contribution in [0.4, 0.5) is 0 Å². The molecule has 1 aromatic carbocycles. The van der Waals surface area contributed by atoms with Gasteiger partial charge in [0.2, 0.25) is 16.3 Å². The smallest absolute Gasteiger partial charge is 0.260 e. The van der Waals surface area contributed by atoms with Crippen molar-refractivity contribution >= 4 is 27.4 Å². The third kappa shape index (κ3) is 1.74. The lowest BCUT2D eigenvalue weighted by molar-refractivity contribution is 0.109. The number of rotatable bonds is 2. The summed E-state index contributed by atoms with van der Waals surface area (Å²) in [4.78, 5) is 14.1. The molecule has 2 rings (SSSR count). The Hall–Kier alpha value is -1.73. The summed E-state index contributed by atoms with van der Waals surface area (Å²) in [6, 6.07) is 3.95. The summed E-state index contributed by atoms with van der Waals surface area (Å²) in [5.74, 6) is -0.100. The molecule has 2 aromatic rings. The Labute approximate surface area is 84.8 Å². The molecule has 15 heavy (non-hydrogen) atoms. The number of hydrogen-bond acceptors (Lipinski definition) is 5. The molecule has 1 aromatic heterocycles. The molecule has 1 heterocycles. The van der Waals surface area contributed by atoms with E-state index in [2.05, 4.69) is 4.98 Å². The lowest BCUT2D eigenvalue weighted by Gasteiger charge is -1.95. The van der Waals surface area contributed by atoms with E-state index in [0.29, 0.717) is 11.8 Å². The van der Waals surface area contributed by atoms with Gasteiger partial charge in [-0.1, -0.05) is 0 Å². The molecular formula is C8H6N2O4S. The standard InChI is InChI=1S/C8H6N2O4S/c9-15(12,13)5-1-2-6-7(3-5)14-8(4-11)10-6/h1-4H,(H2,9,12,13). The number of carbonyl (C=O) groups excluding carboxylic acids is 1. The van der Waals surface area contributed by atoms with Crippen LogP contribution in [-0.4, -0.2) is 19.7 Å². The first-order valence-electron chi connectivity index (χ1n) is 3.89. The number of primary sulfonamides is 1. The van der Waals surface area contributed by atoms with Crippen LogP contribution in [0.5, 0.6) is 0 Å². The van der Waals surface area contributed by atoms with Crippen molar-refractivity contribution in [1.82, 2.24) is 4.98 Å². The fourth-order valence-corrected chi connectivity index (χ4v) is 1.68. The van der Waals surface area contributed by atoms with E-state index in [1.54, 1.807) is 0 Å². The van der Waals surface area contributed by atoms with Crippen molar-refractivity contribution in [3.8, 4) is 0 Å². The van der Waals surface area contributed by atoms with Crippen molar-refractivity contribution in [2.75, 3.05) is 0 Å². The van der Waals surface area contributed by atoms with Gasteiger partial charge < -0.3 is 4.42 Å². The van der Waals surface area contributed by atoms with Crippen LogP contribution in [-0.2, 0) is 10.0 Å². The molecule has 0 spiro atoms. The lowest BCUT2D eigenvalue weighted by atomic mass is 10.3. The van der Waals surface area contributed by atoms with Crippen LogP contribution >= 0.6 is 0 Å². The Morgan fingerprint density at radius 1 is 1.40 bits per heavy atom. The van der Waals surface area contributed by atoms with Gasteiger partial charge in [-0.05, 0) is 12.1 Å². The van der Waals surface area contributed by atoms with Crippen LogP contribution in [0.2, 0.25) is 0 Å². The van der Waals surface area contributed by atoms with Gasteiger partial charge in [0.05, 0.1) is 4.90 Å². The quantitative estimate of drug-likeness (QED) is 0.741.